The number of benzene rings is 1. The molecule has 1 aromatic carbocycles. The van der Waals surface area contributed by atoms with E-state index in [4.69, 9.17) is 9.47 Å². The molecule has 1 fully saturated rings. The minimum absolute atomic E-state index is 0.138. The summed E-state index contributed by atoms with van der Waals surface area (Å²) in [6.45, 7) is 1.41. The van der Waals surface area contributed by atoms with E-state index in [1.54, 1.807) is 25.2 Å². The Morgan fingerprint density at radius 2 is 2.40 bits per heavy atom. The van der Waals surface area contributed by atoms with Crippen LogP contribution in [0.25, 0.3) is 0 Å². The zero-order valence-electron chi connectivity index (χ0n) is 8.69. The highest BCUT2D eigenvalue weighted by Crippen LogP contribution is 2.28. The third-order valence-electron chi connectivity index (χ3n) is 2.43. The zero-order valence-corrected chi connectivity index (χ0v) is 8.69. The van der Waals surface area contributed by atoms with Gasteiger partial charge in [0.05, 0.1) is 18.9 Å². The van der Waals surface area contributed by atoms with Crippen LogP contribution < -0.4 is 10.1 Å². The summed E-state index contributed by atoms with van der Waals surface area (Å²) in [7, 11) is 1.76. The number of phenols is 1. The van der Waals surface area contributed by atoms with E-state index < -0.39 is 0 Å². The van der Waals surface area contributed by atoms with Crippen molar-refractivity contribution >= 4 is 5.69 Å². The molecule has 0 bridgehead atoms. The van der Waals surface area contributed by atoms with E-state index in [0.29, 0.717) is 12.3 Å². The average Bonchev–Trinajstić information content (AvgIpc) is 2.73. The van der Waals surface area contributed by atoms with Crippen molar-refractivity contribution in [3.63, 3.8) is 0 Å². The van der Waals surface area contributed by atoms with Crippen LogP contribution in [0, 0.1) is 0 Å². The summed E-state index contributed by atoms with van der Waals surface area (Å²) in [6, 6.07) is 5.17. The van der Waals surface area contributed by atoms with Crippen LogP contribution in [0.3, 0.4) is 0 Å². The maximum absolute atomic E-state index is 9.45. The molecule has 2 N–H and O–H groups in total. The first kappa shape index (κ1) is 10.1. The van der Waals surface area contributed by atoms with E-state index >= 15 is 0 Å². The molecule has 4 heteroatoms. The lowest BCUT2D eigenvalue weighted by atomic mass is 10.2. The number of anilines is 1. The van der Waals surface area contributed by atoms with Gasteiger partial charge in [-0.25, -0.2) is 0 Å². The molecule has 0 aliphatic carbocycles. The van der Waals surface area contributed by atoms with Gasteiger partial charge in [-0.3, -0.25) is 0 Å². The highest BCUT2D eigenvalue weighted by Gasteiger charge is 2.17. The average molecular weight is 209 g/mol. The van der Waals surface area contributed by atoms with Crippen molar-refractivity contribution in [3.8, 4) is 11.5 Å². The van der Waals surface area contributed by atoms with Gasteiger partial charge in [0.2, 0.25) is 0 Å². The summed E-state index contributed by atoms with van der Waals surface area (Å²) < 4.78 is 10.9. The molecule has 1 aliphatic heterocycles. The van der Waals surface area contributed by atoms with E-state index in [2.05, 4.69) is 5.32 Å². The third-order valence-corrected chi connectivity index (χ3v) is 2.43. The number of hydrogen-bond donors (Lipinski definition) is 2. The molecule has 0 spiro atoms. The molecule has 0 saturated carbocycles. The van der Waals surface area contributed by atoms with Gasteiger partial charge < -0.3 is 19.9 Å². The molecule has 1 aliphatic rings. The molecule has 1 atom stereocenters. The van der Waals surface area contributed by atoms with E-state index in [0.717, 1.165) is 18.8 Å². The fourth-order valence-corrected chi connectivity index (χ4v) is 1.59. The second-order valence-electron chi connectivity index (χ2n) is 3.53. The van der Waals surface area contributed by atoms with Gasteiger partial charge in [0.15, 0.2) is 0 Å². The fourth-order valence-electron chi connectivity index (χ4n) is 1.59. The second kappa shape index (κ2) is 4.40. The second-order valence-corrected chi connectivity index (χ2v) is 3.53. The van der Waals surface area contributed by atoms with Gasteiger partial charge in [-0.2, -0.15) is 0 Å². The van der Waals surface area contributed by atoms with Gasteiger partial charge >= 0.3 is 0 Å². The lowest BCUT2D eigenvalue weighted by molar-refractivity contribution is 0.141. The van der Waals surface area contributed by atoms with Crippen LogP contribution >= 0.6 is 0 Å². The number of ether oxygens (including phenoxy) is 2. The summed E-state index contributed by atoms with van der Waals surface area (Å²) >= 11 is 0. The quantitative estimate of drug-likeness (QED) is 0.742. The molecule has 0 unspecified atom stereocenters. The minimum Gasteiger partial charge on any atom is -0.506 e. The minimum atomic E-state index is 0.138. The molecule has 1 saturated heterocycles. The van der Waals surface area contributed by atoms with E-state index in [9.17, 15) is 5.11 Å². The van der Waals surface area contributed by atoms with E-state index in [1.807, 2.05) is 0 Å². The fraction of sp³-hybridized carbons (Fsp3) is 0.455. The number of hydrogen-bond acceptors (Lipinski definition) is 4. The van der Waals surface area contributed by atoms with Gasteiger partial charge in [-0.05, 0) is 12.1 Å². The predicted octanol–water partition coefficient (Wildman–Crippen LogP) is 1.60. The van der Waals surface area contributed by atoms with Crippen LogP contribution in [0.2, 0.25) is 0 Å². The van der Waals surface area contributed by atoms with E-state index in [1.165, 1.54) is 0 Å². The van der Waals surface area contributed by atoms with Crippen molar-refractivity contribution < 1.29 is 14.6 Å². The Hall–Kier alpha value is -1.42. The third kappa shape index (κ3) is 2.33. The topological polar surface area (TPSA) is 50.7 Å². The number of nitrogens with one attached hydrogen (secondary N) is 1. The Kier molecular flexibility index (Phi) is 2.97. The highest BCUT2D eigenvalue weighted by molar-refractivity contribution is 5.58. The predicted molar refractivity (Wildman–Crippen MR) is 57.5 cm³/mol. The van der Waals surface area contributed by atoms with Crippen molar-refractivity contribution in [1.29, 1.82) is 0 Å². The molecular weight excluding hydrogens is 194 g/mol. The van der Waals surface area contributed by atoms with E-state index in [-0.39, 0.29) is 11.9 Å². The monoisotopic (exact) mass is 209 g/mol. The Balaban J connectivity index is 2.07. The summed E-state index contributed by atoms with van der Waals surface area (Å²) in [5.41, 5.74) is 0.673. The first-order valence-electron chi connectivity index (χ1n) is 5.05. The maximum atomic E-state index is 9.45. The van der Waals surface area contributed by atoms with Crippen molar-refractivity contribution in [2.24, 2.45) is 0 Å². The first-order chi connectivity index (χ1) is 7.29. The number of aromatic hydroxyl groups is 1. The molecule has 82 valence electrons. The van der Waals surface area contributed by atoms with Crippen LogP contribution in [0.5, 0.6) is 11.5 Å². The van der Waals surface area contributed by atoms with Crippen molar-refractivity contribution in [2.45, 2.75) is 12.5 Å². The summed E-state index contributed by atoms with van der Waals surface area (Å²) in [5.74, 6) is 0.986. The van der Waals surface area contributed by atoms with Crippen LogP contribution in [-0.2, 0) is 4.74 Å². The van der Waals surface area contributed by atoms with Crippen molar-refractivity contribution in [2.75, 3.05) is 25.6 Å². The first-order valence-corrected chi connectivity index (χ1v) is 5.05. The Bertz CT molecular complexity index is 335. The molecule has 15 heavy (non-hydrogen) atoms. The molecular formula is C11H15NO3. The highest BCUT2D eigenvalue weighted by atomic mass is 16.5. The summed E-state index contributed by atoms with van der Waals surface area (Å²) in [4.78, 5) is 0. The Labute approximate surface area is 88.8 Å². The van der Waals surface area contributed by atoms with Gasteiger partial charge in [0.25, 0.3) is 0 Å². The normalized spacial score (nSPS) is 20.2. The Morgan fingerprint density at radius 3 is 3.07 bits per heavy atom. The number of rotatable bonds is 3. The van der Waals surface area contributed by atoms with Gasteiger partial charge in [0, 0.05) is 19.5 Å². The Morgan fingerprint density at radius 1 is 1.53 bits per heavy atom. The molecule has 0 amide bonds. The lowest BCUT2D eigenvalue weighted by Gasteiger charge is -2.13. The van der Waals surface area contributed by atoms with Gasteiger partial charge in [0.1, 0.15) is 17.6 Å². The van der Waals surface area contributed by atoms with Gasteiger partial charge in [-0.1, -0.05) is 0 Å². The van der Waals surface area contributed by atoms with Gasteiger partial charge in [-0.15, -0.1) is 0 Å². The van der Waals surface area contributed by atoms with Crippen molar-refractivity contribution in [3.05, 3.63) is 18.2 Å². The van der Waals surface area contributed by atoms with Crippen molar-refractivity contribution in [1.82, 2.24) is 0 Å². The zero-order chi connectivity index (χ0) is 10.7. The molecule has 0 aromatic heterocycles. The largest absolute Gasteiger partial charge is 0.506 e. The van der Waals surface area contributed by atoms with Crippen LogP contribution in [0.1, 0.15) is 6.42 Å². The molecule has 4 nitrogen and oxygen atoms in total. The molecule has 0 radical (unpaired) electrons. The summed E-state index contributed by atoms with van der Waals surface area (Å²) in [6.07, 6.45) is 1.06. The molecule has 1 aromatic rings. The van der Waals surface area contributed by atoms with Crippen LogP contribution in [0.15, 0.2) is 18.2 Å². The SMILES string of the molecule is CNc1cc(O[C@H]2CCOC2)ccc1O. The smallest absolute Gasteiger partial charge is 0.138 e. The molecule has 2 rings (SSSR count). The lowest BCUT2D eigenvalue weighted by Crippen LogP contribution is -2.15. The molecule has 1 heterocycles. The number of phenolic OH excluding ortho intramolecular Hbond substituents is 1. The summed E-state index contributed by atoms with van der Waals surface area (Å²) in [5, 5.41) is 12.4. The standard InChI is InChI=1S/C11H15NO3/c1-12-10-6-8(2-3-11(10)13)15-9-4-5-14-7-9/h2-3,6,9,12-13H,4-5,7H2,1H3/t9-/m0/s1. The van der Waals surface area contributed by atoms with Crippen LogP contribution in [0.4, 0.5) is 5.69 Å². The van der Waals surface area contributed by atoms with Crippen LogP contribution in [-0.4, -0.2) is 31.5 Å². The maximum Gasteiger partial charge on any atom is 0.138 e.